The van der Waals surface area contributed by atoms with E-state index in [0.717, 1.165) is 25.7 Å². The summed E-state index contributed by atoms with van der Waals surface area (Å²) in [5.41, 5.74) is 4.77. The SMILES string of the molecule is O=C(O)CCCCNC(=O)C1CCCC(CNC(=O)OCC2c3ccccc3-c3ccccc32)C1. The first kappa shape index (κ1) is 24.8. The van der Waals surface area contributed by atoms with Gasteiger partial charge in [-0.25, -0.2) is 4.79 Å². The van der Waals surface area contributed by atoms with Gasteiger partial charge in [-0.05, 0) is 60.3 Å². The first-order valence-electron chi connectivity index (χ1n) is 12.6. The normalized spacial score (nSPS) is 18.9. The van der Waals surface area contributed by atoms with Crippen molar-refractivity contribution in [2.45, 2.75) is 50.9 Å². The molecule has 2 aliphatic carbocycles. The number of aliphatic carboxylic acids is 1. The smallest absolute Gasteiger partial charge is 0.407 e. The van der Waals surface area contributed by atoms with Gasteiger partial charge < -0.3 is 20.5 Å². The van der Waals surface area contributed by atoms with Crippen molar-refractivity contribution in [2.75, 3.05) is 19.7 Å². The third-order valence-corrected chi connectivity index (χ3v) is 7.15. The number of benzene rings is 2. The van der Waals surface area contributed by atoms with E-state index in [1.54, 1.807) is 0 Å². The van der Waals surface area contributed by atoms with Crippen LogP contribution >= 0.6 is 0 Å². The highest BCUT2D eigenvalue weighted by atomic mass is 16.5. The summed E-state index contributed by atoms with van der Waals surface area (Å²) in [4.78, 5) is 35.5. The van der Waals surface area contributed by atoms with Crippen LogP contribution in [0.1, 0.15) is 62.0 Å². The summed E-state index contributed by atoms with van der Waals surface area (Å²) < 4.78 is 5.63. The molecule has 0 heterocycles. The molecular formula is C28H34N2O5. The van der Waals surface area contributed by atoms with E-state index in [9.17, 15) is 14.4 Å². The van der Waals surface area contributed by atoms with Crippen LogP contribution in [0.5, 0.6) is 0 Å². The molecule has 2 aliphatic rings. The summed E-state index contributed by atoms with van der Waals surface area (Å²) in [6, 6.07) is 16.5. The number of hydrogen-bond donors (Lipinski definition) is 3. The third-order valence-electron chi connectivity index (χ3n) is 7.15. The standard InChI is InChI=1S/C28H34N2O5/c31-26(32)14-5-6-15-29-27(33)20-9-7-8-19(16-20)17-30-28(34)35-18-25-23-12-3-1-10-21(23)22-11-2-4-13-24(22)25/h1-4,10-13,19-20,25H,5-9,14-18H2,(H,29,33)(H,30,34)(H,31,32). The molecule has 7 nitrogen and oxygen atoms in total. The lowest BCUT2D eigenvalue weighted by Crippen LogP contribution is -2.38. The Kier molecular flexibility index (Phi) is 8.40. The summed E-state index contributed by atoms with van der Waals surface area (Å²) in [6.07, 6.45) is 4.46. The fourth-order valence-electron chi connectivity index (χ4n) is 5.35. The Morgan fingerprint density at radius 2 is 1.60 bits per heavy atom. The highest BCUT2D eigenvalue weighted by molar-refractivity contribution is 5.79. The zero-order chi connectivity index (χ0) is 24.6. The fraction of sp³-hybridized carbons (Fsp3) is 0.464. The number of rotatable bonds is 10. The molecular weight excluding hydrogens is 444 g/mol. The van der Waals surface area contributed by atoms with Crippen molar-refractivity contribution in [3.05, 3.63) is 59.7 Å². The van der Waals surface area contributed by atoms with E-state index in [2.05, 4.69) is 34.9 Å². The van der Waals surface area contributed by atoms with Gasteiger partial charge in [-0.3, -0.25) is 9.59 Å². The second-order valence-electron chi connectivity index (χ2n) is 9.58. The largest absolute Gasteiger partial charge is 0.481 e. The average Bonchev–Trinajstić information content (AvgIpc) is 3.19. The van der Waals surface area contributed by atoms with Crippen LogP contribution in [-0.4, -0.2) is 42.8 Å². The third kappa shape index (κ3) is 6.41. The minimum absolute atomic E-state index is 0.0335. The van der Waals surface area contributed by atoms with Crippen molar-refractivity contribution < 1.29 is 24.2 Å². The molecule has 0 saturated heterocycles. The molecule has 35 heavy (non-hydrogen) atoms. The lowest BCUT2D eigenvalue weighted by molar-refractivity contribution is -0.137. The highest BCUT2D eigenvalue weighted by Gasteiger charge is 2.30. The second-order valence-corrected chi connectivity index (χ2v) is 9.58. The molecule has 0 radical (unpaired) electrons. The number of amides is 2. The molecule has 2 aromatic rings. The molecule has 2 unspecified atom stereocenters. The number of carboxylic acids is 1. The first-order valence-corrected chi connectivity index (χ1v) is 12.6. The molecule has 7 heteroatoms. The van der Waals surface area contributed by atoms with Crippen LogP contribution in [0.4, 0.5) is 4.79 Å². The Bertz CT molecular complexity index is 1010. The topological polar surface area (TPSA) is 105 Å². The van der Waals surface area contributed by atoms with Crippen LogP contribution in [0.25, 0.3) is 11.1 Å². The summed E-state index contributed by atoms with van der Waals surface area (Å²) in [7, 11) is 0. The molecule has 0 spiro atoms. The van der Waals surface area contributed by atoms with Gasteiger partial charge in [0.25, 0.3) is 0 Å². The minimum Gasteiger partial charge on any atom is -0.481 e. The van der Waals surface area contributed by atoms with Gasteiger partial charge >= 0.3 is 12.1 Å². The van der Waals surface area contributed by atoms with Gasteiger partial charge in [0.15, 0.2) is 0 Å². The van der Waals surface area contributed by atoms with E-state index in [1.165, 1.54) is 22.3 Å². The second kappa shape index (κ2) is 11.9. The van der Waals surface area contributed by atoms with Crippen LogP contribution in [0, 0.1) is 11.8 Å². The van der Waals surface area contributed by atoms with Crippen molar-refractivity contribution in [1.82, 2.24) is 10.6 Å². The van der Waals surface area contributed by atoms with Crippen molar-refractivity contribution >= 4 is 18.0 Å². The number of carbonyl (C=O) groups is 3. The maximum Gasteiger partial charge on any atom is 0.407 e. The quantitative estimate of drug-likeness (QED) is 0.429. The molecule has 4 rings (SSSR count). The zero-order valence-electron chi connectivity index (χ0n) is 20.0. The first-order chi connectivity index (χ1) is 17.0. The molecule has 0 aliphatic heterocycles. The van der Waals surface area contributed by atoms with E-state index in [-0.39, 0.29) is 36.7 Å². The highest BCUT2D eigenvalue weighted by Crippen LogP contribution is 2.44. The van der Waals surface area contributed by atoms with Crippen molar-refractivity contribution in [3.63, 3.8) is 0 Å². The average molecular weight is 479 g/mol. The van der Waals surface area contributed by atoms with Crippen molar-refractivity contribution in [3.8, 4) is 11.1 Å². The molecule has 3 N–H and O–H groups in total. The number of carboxylic acid groups (broad SMARTS) is 1. The van der Waals surface area contributed by atoms with Crippen LogP contribution in [0.3, 0.4) is 0 Å². The monoisotopic (exact) mass is 478 g/mol. The molecule has 2 amide bonds. The summed E-state index contributed by atoms with van der Waals surface area (Å²) in [6.45, 7) is 1.29. The molecule has 2 aromatic carbocycles. The van der Waals surface area contributed by atoms with Gasteiger partial charge in [0.05, 0.1) is 0 Å². The van der Waals surface area contributed by atoms with E-state index in [0.29, 0.717) is 25.9 Å². The summed E-state index contributed by atoms with van der Waals surface area (Å²) in [5, 5.41) is 14.5. The predicted octanol–water partition coefficient (Wildman–Crippen LogP) is 4.70. The van der Waals surface area contributed by atoms with E-state index in [4.69, 9.17) is 9.84 Å². The number of alkyl carbamates (subject to hydrolysis) is 1. The van der Waals surface area contributed by atoms with E-state index < -0.39 is 12.1 Å². The number of hydrogen-bond acceptors (Lipinski definition) is 4. The molecule has 2 atom stereocenters. The molecule has 1 fully saturated rings. The summed E-state index contributed by atoms with van der Waals surface area (Å²) >= 11 is 0. The maximum absolute atomic E-state index is 12.5. The van der Waals surface area contributed by atoms with Gasteiger partial charge in [-0.15, -0.1) is 0 Å². The minimum atomic E-state index is -0.810. The molecule has 0 aromatic heterocycles. The van der Waals surface area contributed by atoms with Gasteiger partial charge in [0.2, 0.25) is 5.91 Å². The fourth-order valence-corrected chi connectivity index (χ4v) is 5.35. The van der Waals surface area contributed by atoms with E-state index in [1.807, 2.05) is 24.3 Å². The Labute approximate surface area is 206 Å². The number of fused-ring (bicyclic) bond motifs is 3. The van der Waals surface area contributed by atoms with Crippen LogP contribution < -0.4 is 10.6 Å². The molecule has 0 bridgehead atoms. The Balaban J connectivity index is 1.20. The maximum atomic E-state index is 12.5. The van der Waals surface area contributed by atoms with Crippen LogP contribution in [-0.2, 0) is 14.3 Å². The molecule has 1 saturated carbocycles. The van der Waals surface area contributed by atoms with Crippen LogP contribution in [0.2, 0.25) is 0 Å². The molecule has 186 valence electrons. The predicted molar refractivity (Wildman–Crippen MR) is 133 cm³/mol. The Morgan fingerprint density at radius 3 is 2.29 bits per heavy atom. The van der Waals surface area contributed by atoms with E-state index >= 15 is 0 Å². The lowest BCUT2D eigenvalue weighted by Gasteiger charge is -2.28. The van der Waals surface area contributed by atoms with Crippen LogP contribution in [0.15, 0.2) is 48.5 Å². The van der Waals surface area contributed by atoms with Gasteiger partial charge in [0, 0.05) is 31.3 Å². The van der Waals surface area contributed by atoms with Crippen molar-refractivity contribution in [1.29, 1.82) is 0 Å². The number of nitrogens with one attached hydrogen (secondary N) is 2. The number of ether oxygens (including phenoxy) is 1. The zero-order valence-corrected chi connectivity index (χ0v) is 20.0. The lowest BCUT2D eigenvalue weighted by atomic mass is 9.81. The number of unbranched alkanes of at least 4 members (excludes halogenated alkanes) is 1. The Morgan fingerprint density at radius 1 is 0.914 bits per heavy atom. The van der Waals surface area contributed by atoms with Gasteiger partial charge in [-0.2, -0.15) is 0 Å². The van der Waals surface area contributed by atoms with Gasteiger partial charge in [0.1, 0.15) is 6.61 Å². The summed E-state index contributed by atoms with van der Waals surface area (Å²) in [5.74, 6) is -0.558. The number of carbonyl (C=O) groups excluding carboxylic acids is 2. The van der Waals surface area contributed by atoms with Gasteiger partial charge in [-0.1, -0.05) is 55.0 Å². The van der Waals surface area contributed by atoms with Crippen molar-refractivity contribution in [2.24, 2.45) is 11.8 Å². The Hall–Kier alpha value is -3.35.